The number of alkyl halides is 3. The molecule has 2 N–H and O–H groups in total. The lowest BCUT2D eigenvalue weighted by atomic mass is 9.99. The Kier molecular flexibility index (Phi) is 6.95. The third kappa shape index (κ3) is 5.63. The van der Waals surface area contributed by atoms with Gasteiger partial charge in [-0.25, -0.2) is 0 Å². The van der Waals surface area contributed by atoms with E-state index in [4.69, 9.17) is 0 Å². The van der Waals surface area contributed by atoms with Crippen molar-refractivity contribution in [1.82, 2.24) is 20.4 Å². The molecule has 0 bridgehead atoms. The van der Waals surface area contributed by atoms with Gasteiger partial charge in [-0.05, 0) is 51.2 Å². The Morgan fingerprint density at radius 2 is 2.26 bits per heavy atom. The van der Waals surface area contributed by atoms with E-state index in [2.05, 4.69) is 42.0 Å². The molecule has 3 heterocycles. The number of aromatic nitrogens is 3. The molecule has 164 valence electrons. The van der Waals surface area contributed by atoms with Crippen molar-refractivity contribution in [2.24, 2.45) is 10.9 Å². The number of piperidine rings is 1. The Hall–Kier alpha value is -3.34. The van der Waals surface area contributed by atoms with Crippen LogP contribution < -0.4 is 10.6 Å². The Morgan fingerprint density at radius 3 is 2.87 bits per heavy atom. The quantitative estimate of drug-likeness (QED) is 0.532. The van der Waals surface area contributed by atoms with Gasteiger partial charge in [0.1, 0.15) is 0 Å². The van der Waals surface area contributed by atoms with Crippen LogP contribution in [0.4, 0.5) is 18.9 Å². The highest BCUT2D eigenvalue weighted by molar-refractivity contribution is 5.93. The van der Waals surface area contributed by atoms with Gasteiger partial charge in [0.05, 0.1) is 17.3 Å². The van der Waals surface area contributed by atoms with Gasteiger partial charge in [0.2, 0.25) is 11.7 Å². The molecule has 1 aliphatic rings. The number of hydrogen-bond donors (Lipinski definition) is 2. The topological polar surface area (TPSA) is 105 Å². The van der Waals surface area contributed by atoms with E-state index < -0.39 is 12.1 Å². The largest absolute Gasteiger partial charge is 0.471 e. The fourth-order valence-corrected chi connectivity index (χ4v) is 3.05. The maximum Gasteiger partial charge on any atom is 0.471 e. The number of hydrogen-bond acceptors (Lipinski definition) is 7. The molecule has 0 aliphatic carbocycles. The van der Waals surface area contributed by atoms with Gasteiger partial charge in [0.15, 0.2) is 0 Å². The van der Waals surface area contributed by atoms with Gasteiger partial charge in [-0.1, -0.05) is 11.2 Å². The Labute approximate surface area is 176 Å². The molecular formula is C20H21F3N6O2. The lowest BCUT2D eigenvalue weighted by Gasteiger charge is -2.21. The number of nitrogens with one attached hydrogen (secondary N) is 2. The van der Waals surface area contributed by atoms with E-state index in [0.29, 0.717) is 17.9 Å². The first kappa shape index (κ1) is 22.3. The average molecular weight is 434 g/mol. The van der Waals surface area contributed by atoms with Crippen molar-refractivity contribution >= 4 is 29.6 Å². The zero-order chi connectivity index (χ0) is 22.4. The summed E-state index contributed by atoms with van der Waals surface area (Å²) in [6.07, 6.45) is 1.45. The van der Waals surface area contributed by atoms with Crippen molar-refractivity contribution in [2.45, 2.75) is 25.9 Å². The molecule has 1 unspecified atom stereocenters. The van der Waals surface area contributed by atoms with Crippen LogP contribution in [0.3, 0.4) is 0 Å². The minimum atomic E-state index is -4.74. The monoisotopic (exact) mass is 434 g/mol. The van der Waals surface area contributed by atoms with Gasteiger partial charge in [-0.3, -0.25) is 14.8 Å². The number of allylic oxidation sites excluding steroid dienone is 3. The zero-order valence-corrected chi connectivity index (χ0v) is 16.7. The fraction of sp³-hybridized carbons (Fsp3) is 0.350. The molecule has 0 aromatic carbocycles. The van der Waals surface area contributed by atoms with Gasteiger partial charge < -0.3 is 15.2 Å². The van der Waals surface area contributed by atoms with Crippen molar-refractivity contribution in [1.29, 1.82) is 0 Å². The first-order valence-electron chi connectivity index (χ1n) is 9.56. The molecule has 2 aromatic heterocycles. The molecule has 0 spiro atoms. The molecule has 1 fully saturated rings. The van der Waals surface area contributed by atoms with E-state index in [-0.39, 0.29) is 28.9 Å². The summed E-state index contributed by atoms with van der Waals surface area (Å²) in [7, 11) is 0. The van der Waals surface area contributed by atoms with Crippen molar-refractivity contribution in [3.63, 3.8) is 0 Å². The van der Waals surface area contributed by atoms with Crippen LogP contribution in [-0.2, 0) is 11.0 Å². The van der Waals surface area contributed by atoms with Gasteiger partial charge in [0.25, 0.3) is 0 Å². The molecule has 1 amide bonds. The molecule has 31 heavy (non-hydrogen) atoms. The summed E-state index contributed by atoms with van der Waals surface area (Å²) in [5, 5.41) is 9.43. The van der Waals surface area contributed by atoms with Crippen LogP contribution in [0.15, 0.2) is 40.0 Å². The second kappa shape index (κ2) is 9.65. The lowest BCUT2D eigenvalue weighted by Crippen LogP contribution is -2.37. The van der Waals surface area contributed by atoms with E-state index >= 15 is 0 Å². The summed E-state index contributed by atoms with van der Waals surface area (Å²) in [6, 6.07) is 3.25. The molecule has 11 heteroatoms. The molecule has 0 saturated carbocycles. The van der Waals surface area contributed by atoms with Crippen molar-refractivity contribution in [3.05, 3.63) is 47.9 Å². The predicted molar refractivity (Wildman–Crippen MR) is 109 cm³/mol. The third-order valence-corrected chi connectivity index (χ3v) is 4.66. The molecule has 1 atom stereocenters. The van der Waals surface area contributed by atoms with Crippen molar-refractivity contribution < 1.29 is 22.5 Å². The van der Waals surface area contributed by atoms with Gasteiger partial charge in [-0.2, -0.15) is 18.2 Å². The van der Waals surface area contributed by atoms with Crippen molar-refractivity contribution in [2.75, 3.05) is 18.4 Å². The van der Waals surface area contributed by atoms with Gasteiger partial charge in [-0.15, -0.1) is 0 Å². The molecule has 8 nitrogen and oxygen atoms in total. The summed E-state index contributed by atoms with van der Waals surface area (Å²) in [5.41, 5.74) is 1.40. The second-order valence-electron chi connectivity index (χ2n) is 6.81. The van der Waals surface area contributed by atoms with E-state index in [1.165, 1.54) is 18.3 Å². The van der Waals surface area contributed by atoms with Crippen LogP contribution in [0.1, 0.15) is 37.2 Å². The van der Waals surface area contributed by atoms with Crippen LogP contribution in [-0.4, -0.2) is 40.8 Å². The lowest BCUT2D eigenvalue weighted by molar-refractivity contribution is -0.159. The maximum atomic E-state index is 12.7. The second-order valence-corrected chi connectivity index (χ2v) is 6.81. The molecule has 2 aromatic rings. The van der Waals surface area contributed by atoms with Crippen LogP contribution >= 0.6 is 0 Å². The summed E-state index contributed by atoms with van der Waals surface area (Å²) in [5.74, 6) is -1.90. The SMILES string of the molecule is C=N/C(=C\C(=C/C)c1noc(C(F)(F)F)n1)c1cc(NC(=O)C2CCCNC2)ccn1. The first-order chi connectivity index (χ1) is 14.8. The van der Waals surface area contributed by atoms with Crippen LogP contribution in [0.25, 0.3) is 11.3 Å². The first-order valence-corrected chi connectivity index (χ1v) is 9.56. The molecule has 1 aliphatic heterocycles. The number of carbonyl (C=O) groups is 1. The molecule has 0 radical (unpaired) electrons. The average Bonchev–Trinajstić information content (AvgIpc) is 3.26. The number of carbonyl (C=O) groups excluding carboxylic acids is 1. The molecule has 3 rings (SSSR count). The Balaban J connectivity index is 1.81. The number of rotatable bonds is 6. The normalized spacial score (nSPS) is 18.0. The number of nitrogens with zero attached hydrogens (tertiary/aromatic N) is 4. The fourth-order valence-electron chi connectivity index (χ4n) is 3.05. The highest BCUT2D eigenvalue weighted by Crippen LogP contribution is 2.29. The van der Waals surface area contributed by atoms with E-state index in [1.54, 1.807) is 19.1 Å². The Morgan fingerprint density at radius 1 is 1.45 bits per heavy atom. The minimum Gasteiger partial charge on any atom is -0.329 e. The van der Waals surface area contributed by atoms with Crippen LogP contribution in [0.2, 0.25) is 0 Å². The number of halogens is 3. The highest BCUT2D eigenvalue weighted by atomic mass is 19.4. The van der Waals surface area contributed by atoms with E-state index in [1.807, 2.05) is 0 Å². The van der Waals surface area contributed by atoms with Gasteiger partial charge in [0, 0.05) is 24.0 Å². The number of aliphatic imine (C=N–C) groups is 1. The number of anilines is 1. The maximum absolute atomic E-state index is 12.7. The number of pyridine rings is 1. The van der Waals surface area contributed by atoms with Gasteiger partial charge >= 0.3 is 12.1 Å². The third-order valence-electron chi connectivity index (χ3n) is 4.66. The number of amides is 1. The summed E-state index contributed by atoms with van der Waals surface area (Å²) in [4.78, 5) is 24.0. The minimum absolute atomic E-state index is 0.0953. The summed E-state index contributed by atoms with van der Waals surface area (Å²) < 4.78 is 42.5. The van der Waals surface area contributed by atoms with E-state index in [0.717, 1.165) is 19.4 Å². The summed E-state index contributed by atoms with van der Waals surface area (Å²) >= 11 is 0. The van der Waals surface area contributed by atoms with Crippen LogP contribution in [0, 0.1) is 5.92 Å². The zero-order valence-electron chi connectivity index (χ0n) is 16.7. The van der Waals surface area contributed by atoms with Crippen molar-refractivity contribution in [3.8, 4) is 0 Å². The van der Waals surface area contributed by atoms with E-state index in [9.17, 15) is 18.0 Å². The Bertz CT molecular complexity index is 1010. The predicted octanol–water partition coefficient (Wildman–Crippen LogP) is 3.57. The highest BCUT2D eigenvalue weighted by Gasteiger charge is 2.38. The molecular weight excluding hydrogens is 413 g/mol. The standard InChI is InChI=1S/C20H21F3N6O2/c1-3-12(17-28-19(31-29-17)20(21,22)23)9-15(24-2)16-10-14(6-8-26-16)27-18(30)13-5-4-7-25-11-13/h3,6,8-10,13,25H,2,4-5,7,11H2,1H3,(H,26,27,30)/b12-3+,15-9-. The van der Waals surface area contributed by atoms with Crippen LogP contribution in [0.5, 0.6) is 0 Å². The smallest absolute Gasteiger partial charge is 0.329 e. The summed E-state index contributed by atoms with van der Waals surface area (Å²) in [6.45, 7) is 6.64. The molecule has 1 saturated heterocycles.